The van der Waals surface area contributed by atoms with E-state index in [9.17, 15) is 0 Å². The van der Waals surface area contributed by atoms with E-state index >= 15 is 0 Å². The van der Waals surface area contributed by atoms with Gasteiger partial charge in [0.1, 0.15) is 6.17 Å². The summed E-state index contributed by atoms with van der Waals surface area (Å²) in [6.07, 6.45) is 1.32. The van der Waals surface area contributed by atoms with Gasteiger partial charge in [-0.3, -0.25) is 10.3 Å². The lowest BCUT2D eigenvalue weighted by molar-refractivity contribution is 0.467. The molecule has 0 aromatic heterocycles. The topological polar surface area (TPSA) is 50.4 Å². The van der Waals surface area contributed by atoms with Gasteiger partial charge in [-0.25, -0.2) is 0 Å². The highest BCUT2D eigenvalue weighted by molar-refractivity contribution is 6.21. The molecule has 2 atom stereocenters. The molecule has 0 amide bonds. The minimum atomic E-state index is -0.375. The highest BCUT2D eigenvalue weighted by atomic mass is 15.1. The van der Waals surface area contributed by atoms with Crippen LogP contribution < -0.4 is 11.1 Å². The van der Waals surface area contributed by atoms with Crippen molar-refractivity contribution in [2.45, 2.75) is 12.3 Å². The van der Waals surface area contributed by atoms with Gasteiger partial charge in [-0.15, -0.1) is 0 Å². The van der Waals surface area contributed by atoms with Crippen molar-refractivity contribution in [3.63, 3.8) is 0 Å². The average molecular weight is 516 g/mol. The van der Waals surface area contributed by atoms with E-state index in [1.807, 2.05) is 36.5 Å². The van der Waals surface area contributed by atoms with Crippen LogP contribution in [0.2, 0.25) is 0 Å². The van der Waals surface area contributed by atoms with Crippen LogP contribution in [0.15, 0.2) is 145 Å². The van der Waals surface area contributed by atoms with Gasteiger partial charge < -0.3 is 5.73 Å². The third-order valence-corrected chi connectivity index (χ3v) is 7.73. The Hall–Kier alpha value is -4.83. The van der Waals surface area contributed by atoms with Gasteiger partial charge in [0, 0.05) is 11.8 Å². The van der Waals surface area contributed by atoms with E-state index < -0.39 is 0 Å². The Morgan fingerprint density at radius 3 is 1.98 bits per heavy atom. The number of aliphatic imine (C=N–C) groups is 1. The fraction of sp³-hybridized carbons (Fsp3) is 0.0541. The molecule has 3 nitrogen and oxygen atoms in total. The van der Waals surface area contributed by atoms with E-state index in [2.05, 4.69) is 115 Å². The zero-order valence-electron chi connectivity index (χ0n) is 22.0. The zero-order valence-corrected chi connectivity index (χ0v) is 22.0. The number of rotatable bonds is 6. The number of fused-ring (bicyclic) bond motifs is 5. The summed E-state index contributed by atoms with van der Waals surface area (Å²) in [7, 11) is 0. The van der Waals surface area contributed by atoms with Gasteiger partial charge in [0.25, 0.3) is 0 Å². The van der Waals surface area contributed by atoms with Crippen LogP contribution in [0.5, 0.6) is 0 Å². The van der Waals surface area contributed by atoms with Crippen LogP contribution in [0, 0.1) is 0 Å². The molecule has 0 saturated carbocycles. The Kier molecular flexibility index (Phi) is 6.29. The lowest BCUT2D eigenvalue weighted by Gasteiger charge is -2.22. The molecule has 0 radical (unpaired) electrons. The van der Waals surface area contributed by atoms with Gasteiger partial charge in [-0.1, -0.05) is 127 Å². The maximum Gasteiger partial charge on any atom is 0.127 e. The van der Waals surface area contributed by atoms with E-state index in [-0.39, 0.29) is 12.3 Å². The van der Waals surface area contributed by atoms with Crippen molar-refractivity contribution in [3.8, 4) is 0 Å². The monoisotopic (exact) mass is 515 g/mol. The first-order chi connectivity index (χ1) is 19.7. The summed E-state index contributed by atoms with van der Waals surface area (Å²) >= 11 is 0. The average Bonchev–Trinajstić information content (AvgIpc) is 3.02. The van der Waals surface area contributed by atoms with Crippen molar-refractivity contribution >= 4 is 49.3 Å². The molecule has 0 aliphatic rings. The summed E-state index contributed by atoms with van der Waals surface area (Å²) < 4.78 is 0. The molecule has 0 fully saturated rings. The van der Waals surface area contributed by atoms with Crippen LogP contribution in [0.25, 0.3) is 43.1 Å². The standard InChI is InChI=1S/C37H29N3/c38-36(27-12-2-1-3-13-27)40-37(31-21-18-25-10-4-5-14-28(25)22-31)39-24-34-32-16-8-7-15-29(32)23-30-20-19-26-11-6-9-17-33(26)35(30)34/h1-24,36-37,40H,38H2. The fourth-order valence-corrected chi connectivity index (χ4v) is 5.69. The van der Waals surface area contributed by atoms with Crippen LogP contribution in [0.3, 0.4) is 0 Å². The molecule has 0 spiro atoms. The molecular formula is C37H29N3. The SMILES string of the molecule is NC(NC(N=Cc1c2ccccc2cc2ccc3ccccc3c12)c1ccc2ccccc2c1)c1ccccc1. The van der Waals surface area contributed by atoms with Crippen LogP contribution in [-0.2, 0) is 0 Å². The van der Waals surface area contributed by atoms with E-state index in [0.29, 0.717) is 0 Å². The summed E-state index contributed by atoms with van der Waals surface area (Å²) in [4.78, 5) is 5.23. The number of benzene rings is 7. The smallest absolute Gasteiger partial charge is 0.127 e. The Balaban J connectivity index is 1.41. The molecule has 2 unspecified atom stereocenters. The maximum absolute atomic E-state index is 6.69. The van der Waals surface area contributed by atoms with Crippen LogP contribution in [0.1, 0.15) is 29.0 Å². The quantitative estimate of drug-likeness (QED) is 0.101. The van der Waals surface area contributed by atoms with Crippen LogP contribution >= 0.6 is 0 Å². The fourth-order valence-electron chi connectivity index (χ4n) is 5.69. The number of nitrogens with one attached hydrogen (secondary N) is 1. The largest absolute Gasteiger partial charge is 0.312 e. The summed E-state index contributed by atoms with van der Waals surface area (Å²) in [6.45, 7) is 0. The third kappa shape index (κ3) is 4.52. The van der Waals surface area contributed by atoms with Gasteiger partial charge in [-0.2, -0.15) is 0 Å². The lowest BCUT2D eigenvalue weighted by Crippen LogP contribution is -2.31. The summed E-state index contributed by atoms with van der Waals surface area (Å²) in [5.74, 6) is 0. The molecule has 0 saturated heterocycles. The minimum Gasteiger partial charge on any atom is -0.312 e. The molecule has 0 aliphatic carbocycles. The molecule has 192 valence electrons. The number of nitrogens with zero attached hydrogens (tertiary/aromatic N) is 1. The highest BCUT2D eigenvalue weighted by Gasteiger charge is 2.16. The molecule has 0 heterocycles. The van der Waals surface area contributed by atoms with E-state index in [0.717, 1.165) is 16.7 Å². The Bertz CT molecular complexity index is 2010. The molecule has 40 heavy (non-hydrogen) atoms. The second-order valence-corrected chi connectivity index (χ2v) is 10.2. The number of nitrogens with two attached hydrogens (primary N) is 1. The molecule has 7 aromatic rings. The number of hydrogen-bond donors (Lipinski definition) is 2. The normalized spacial score (nSPS) is 13.4. The summed E-state index contributed by atoms with van der Waals surface area (Å²) in [6, 6.07) is 48.8. The molecule has 0 bridgehead atoms. The van der Waals surface area contributed by atoms with Gasteiger partial charge in [0.05, 0.1) is 6.17 Å². The Morgan fingerprint density at radius 1 is 0.525 bits per heavy atom. The molecular weight excluding hydrogens is 486 g/mol. The predicted molar refractivity (Wildman–Crippen MR) is 170 cm³/mol. The van der Waals surface area contributed by atoms with Crippen molar-refractivity contribution in [1.29, 1.82) is 0 Å². The van der Waals surface area contributed by atoms with Crippen molar-refractivity contribution in [3.05, 3.63) is 156 Å². The summed E-state index contributed by atoms with van der Waals surface area (Å²) in [5, 5.41) is 13.2. The molecule has 3 N–H and O–H groups in total. The third-order valence-electron chi connectivity index (χ3n) is 7.73. The Morgan fingerprint density at radius 2 is 1.15 bits per heavy atom. The van der Waals surface area contributed by atoms with E-state index in [4.69, 9.17) is 10.7 Å². The van der Waals surface area contributed by atoms with Crippen molar-refractivity contribution in [2.75, 3.05) is 0 Å². The highest BCUT2D eigenvalue weighted by Crippen LogP contribution is 2.34. The van der Waals surface area contributed by atoms with Crippen LogP contribution in [-0.4, -0.2) is 6.21 Å². The van der Waals surface area contributed by atoms with Crippen LogP contribution in [0.4, 0.5) is 0 Å². The first kappa shape index (κ1) is 24.2. The summed E-state index contributed by atoms with van der Waals surface area (Å²) in [5.41, 5.74) is 9.89. The lowest BCUT2D eigenvalue weighted by atomic mass is 9.93. The first-order valence-electron chi connectivity index (χ1n) is 13.7. The maximum atomic E-state index is 6.69. The second-order valence-electron chi connectivity index (χ2n) is 10.2. The van der Waals surface area contributed by atoms with Crippen molar-refractivity contribution in [1.82, 2.24) is 5.32 Å². The zero-order chi connectivity index (χ0) is 26.9. The van der Waals surface area contributed by atoms with E-state index in [1.54, 1.807) is 0 Å². The number of hydrogen-bond acceptors (Lipinski definition) is 3. The molecule has 7 aromatic carbocycles. The van der Waals surface area contributed by atoms with Gasteiger partial charge >= 0.3 is 0 Å². The predicted octanol–water partition coefficient (Wildman–Crippen LogP) is 8.66. The van der Waals surface area contributed by atoms with Crippen molar-refractivity contribution in [2.24, 2.45) is 10.7 Å². The van der Waals surface area contributed by atoms with E-state index in [1.165, 1.54) is 43.1 Å². The van der Waals surface area contributed by atoms with Gasteiger partial charge in [-0.05, 0) is 66.3 Å². The van der Waals surface area contributed by atoms with Gasteiger partial charge in [0.15, 0.2) is 0 Å². The Labute approximate surface area is 233 Å². The minimum absolute atomic E-state index is 0.344. The molecule has 3 heteroatoms. The second kappa shape index (κ2) is 10.4. The first-order valence-corrected chi connectivity index (χ1v) is 13.7. The molecule has 7 rings (SSSR count). The van der Waals surface area contributed by atoms with Gasteiger partial charge in [0.2, 0.25) is 0 Å². The molecule has 0 aliphatic heterocycles. The van der Waals surface area contributed by atoms with Crippen molar-refractivity contribution < 1.29 is 0 Å².